The van der Waals surface area contributed by atoms with Gasteiger partial charge in [-0.1, -0.05) is 6.92 Å². The van der Waals surface area contributed by atoms with E-state index in [0.717, 1.165) is 10.8 Å². The van der Waals surface area contributed by atoms with Crippen LogP contribution in [0, 0.1) is 11.8 Å². The second kappa shape index (κ2) is 7.78. The normalized spacial score (nSPS) is 21.6. The van der Waals surface area contributed by atoms with Crippen molar-refractivity contribution < 1.29 is 13.9 Å². The Balaban J connectivity index is 1.49. The predicted octanol–water partition coefficient (Wildman–Crippen LogP) is 5.29. The van der Waals surface area contributed by atoms with Crippen LogP contribution in [0.15, 0.2) is 42.7 Å². The van der Waals surface area contributed by atoms with Crippen LogP contribution in [0.25, 0.3) is 22.0 Å². The lowest BCUT2D eigenvalue weighted by Gasteiger charge is -2.27. The third-order valence-electron chi connectivity index (χ3n) is 6.35. The van der Waals surface area contributed by atoms with Crippen molar-refractivity contribution in [2.24, 2.45) is 11.8 Å². The quantitative estimate of drug-likeness (QED) is 0.617. The van der Waals surface area contributed by atoms with Crippen molar-refractivity contribution in [3.63, 3.8) is 0 Å². The van der Waals surface area contributed by atoms with Gasteiger partial charge in [0.25, 0.3) is 5.92 Å². The van der Waals surface area contributed by atoms with Gasteiger partial charge in [0.05, 0.1) is 5.69 Å². The summed E-state index contributed by atoms with van der Waals surface area (Å²) in [5.74, 6) is -2.28. The number of fused-ring (bicyclic) bond motifs is 1. The minimum Gasteiger partial charge on any atom is -0.507 e. The number of pyridine rings is 1. The summed E-state index contributed by atoms with van der Waals surface area (Å²) in [6, 6.07) is 9.09. The number of anilines is 1. The van der Waals surface area contributed by atoms with Gasteiger partial charge in [-0.3, -0.25) is 4.98 Å². The van der Waals surface area contributed by atoms with Crippen LogP contribution in [0.4, 0.5) is 14.6 Å². The Labute approximate surface area is 174 Å². The molecule has 4 rings (SSSR count). The molecule has 0 unspecified atom stereocenters. The second-order valence-electron chi connectivity index (χ2n) is 8.53. The van der Waals surface area contributed by atoms with Crippen molar-refractivity contribution >= 4 is 16.6 Å². The molecular formula is C23H26F2N4O. The predicted molar refractivity (Wildman–Crippen MR) is 114 cm³/mol. The SMILES string of the molecule is C[C@@H](C[C@@H]1C[C@H](C)C(F)(F)C1)N(C)c1ccc(-c2cc3cnccc3cc2O)nn1. The molecule has 3 atom stereocenters. The van der Waals surface area contributed by atoms with E-state index in [1.165, 1.54) is 0 Å². The monoisotopic (exact) mass is 412 g/mol. The van der Waals surface area contributed by atoms with E-state index < -0.39 is 11.8 Å². The molecule has 3 aromatic rings. The zero-order valence-corrected chi connectivity index (χ0v) is 17.4. The lowest BCUT2D eigenvalue weighted by molar-refractivity contribution is -0.0324. The number of aromatic hydroxyl groups is 1. The van der Waals surface area contributed by atoms with Crippen molar-refractivity contribution in [2.75, 3.05) is 11.9 Å². The molecule has 7 heteroatoms. The lowest BCUT2D eigenvalue weighted by atomic mass is 9.97. The van der Waals surface area contributed by atoms with Crippen LogP contribution in [-0.2, 0) is 0 Å². The van der Waals surface area contributed by atoms with E-state index in [1.807, 2.05) is 43.1 Å². The maximum Gasteiger partial charge on any atom is 0.250 e. The number of benzene rings is 1. The molecule has 2 aromatic heterocycles. The first-order valence-corrected chi connectivity index (χ1v) is 10.3. The van der Waals surface area contributed by atoms with E-state index in [2.05, 4.69) is 15.2 Å². The fourth-order valence-corrected chi connectivity index (χ4v) is 4.37. The Morgan fingerprint density at radius 3 is 2.67 bits per heavy atom. The number of rotatable bonds is 5. The Morgan fingerprint density at radius 1 is 1.20 bits per heavy atom. The highest BCUT2D eigenvalue weighted by Gasteiger charge is 2.46. The van der Waals surface area contributed by atoms with Crippen LogP contribution in [0.3, 0.4) is 0 Å². The molecule has 1 fully saturated rings. The molecule has 5 nitrogen and oxygen atoms in total. The Bertz CT molecular complexity index is 1040. The summed E-state index contributed by atoms with van der Waals surface area (Å²) in [6.45, 7) is 3.66. The molecule has 0 amide bonds. The van der Waals surface area contributed by atoms with Crippen LogP contribution < -0.4 is 4.90 Å². The summed E-state index contributed by atoms with van der Waals surface area (Å²) in [7, 11) is 1.91. The van der Waals surface area contributed by atoms with Gasteiger partial charge in [-0.05, 0) is 61.4 Å². The molecule has 1 saturated carbocycles. The van der Waals surface area contributed by atoms with Gasteiger partial charge in [0, 0.05) is 48.8 Å². The van der Waals surface area contributed by atoms with Gasteiger partial charge < -0.3 is 10.0 Å². The molecule has 2 heterocycles. The van der Waals surface area contributed by atoms with Crippen molar-refractivity contribution in [1.82, 2.24) is 15.2 Å². The first-order valence-electron chi connectivity index (χ1n) is 10.3. The highest BCUT2D eigenvalue weighted by atomic mass is 19.3. The number of phenols is 1. The fourth-order valence-electron chi connectivity index (χ4n) is 4.37. The zero-order valence-electron chi connectivity index (χ0n) is 17.4. The molecule has 0 spiro atoms. The molecule has 30 heavy (non-hydrogen) atoms. The first kappa shape index (κ1) is 20.4. The summed E-state index contributed by atoms with van der Waals surface area (Å²) in [5.41, 5.74) is 1.15. The number of halogens is 2. The molecule has 0 radical (unpaired) electrons. The number of hydrogen-bond acceptors (Lipinski definition) is 5. The number of alkyl halides is 2. The maximum atomic E-state index is 13.8. The molecule has 1 aromatic carbocycles. The molecule has 1 aliphatic carbocycles. The summed E-state index contributed by atoms with van der Waals surface area (Å²) in [5, 5.41) is 20.8. The largest absolute Gasteiger partial charge is 0.507 e. The molecule has 158 valence electrons. The average Bonchev–Trinajstić information content (AvgIpc) is 2.98. The summed E-state index contributed by atoms with van der Waals surface area (Å²) >= 11 is 0. The van der Waals surface area contributed by atoms with Gasteiger partial charge in [-0.15, -0.1) is 10.2 Å². The molecular weight excluding hydrogens is 386 g/mol. The molecule has 0 aliphatic heterocycles. The Morgan fingerprint density at radius 2 is 2.00 bits per heavy atom. The van der Waals surface area contributed by atoms with Gasteiger partial charge in [0.15, 0.2) is 5.82 Å². The average molecular weight is 412 g/mol. The van der Waals surface area contributed by atoms with E-state index in [-0.39, 0.29) is 24.1 Å². The van der Waals surface area contributed by atoms with Crippen LogP contribution in [-0.4, -0.2) is 39.3 Å². The summed E-state index contributed by atoms with van der Waals surface area (Å²) < 4.78 is 27.7. The highest BCUT2D eigenvalue weighted by molar-refractivity contribution is 5.89. The molecule has 0 bridgehead atoms. The number of nitrogens with zero attached hydrogens (tertiary/aromatic N) is 4. The van der Waals surface area contributed by atoms with Crippen LogP contribution >= 0.6 is 0 Å². The topological polar surface area (TPSA) is 62.1 Å². The number of hydrogen-bond donors (Lipinski definition) is 1. The minimum absolute atomic E-state index is 0.0165. The molecule has 1 aliphatic rings. The van der Waals surface area contributed by atoms with Gasteiger partial charge in [0.2, 0.25) is 0 Å². The van der Waals surface area contributed by atoms with Gasteiger partial charge in [0.1, 0.15) is 5.75 Å². The van der Waals surface area contributed by atoms with Crippen molar-refractivity contribution in [2.45, 2.75) is 45.1 Å². The number of phenolic OH excluding ortho intramolecular Hbond substituents is 1. The zero-order chi connectivity index (χ0) is 21.5. The van der Waals surface area contributed by atoms with Gasteiger partial charge in [-0.2, -0.15) is 0 Å². The standard InChI is InChI=1S/C23H26F2N4O/c1-14-8-16(12-23(14,24)25)9-15(2)29(3)22-5-4-20(27-28-22)19-10-18-13-26-7-6-17(18)11-21(19)30/h4-7,10-11,13-16,30H,8-9,12H2,1-3H3/t14-,15-,16-/m0/s1. The van der Waals surface area contributed by atoms with Crippen molar-refractivity contribution in [3.05, 3.63) is 42.7 Å². The van der Waals surface area contributed by atoms with E-state index in [9.17, 15) is 13.9 Å². The van der Waals surface area contributed by atoms with Crippen LogP contribution in [0.5, 0.6) is 5.75 Å². The summed E-state index contributed by atoms with van der Waals surface area (Å²) in [6.07, 6.45) is 4.64. The van der Waals surface area contributed by atoms with Crippen LogP contribution in [0.1, 0.15) is 33.1 Å². The minimum atomic E-state index is -2.55. The third kappa shape index (κ3) is 3.93. The Kier molecular flexibility index (Phi) is 5.30. The maximum absolute atomic E-state index is 13.8. The highest BCUT2D eigenvalue weighted by Crippen LogP contribution is 2.45. The lowest BCUT2D eigenvalue weighted by Crippen LogP contribution is -2.31. The first-order chi connectivity index (χ1) is 14.2. The van der Waals surface area contributed by atoms with E-state index in [0.29, 0.717) is 29.9 Å². The number of aromatic nitrogens is 3. The van der Waals surface area contributed by atoms with Crippen LogP contribution in [0.2, 0.25) is 0 Å². The van der Waals surface area contributed by atoms with E-state index in [1.54, 1.807) is 25.4 Å². The summed E-state index contributed by atoms with van der Waals surface area (Å²) in [4.78, 5) is 6.09. The fraction of sp³-hybridized carbons (Fsp3) is 0.435. The third-order valence-corrected chi connectivity index (χ3v) is 6.35. The van der Waals surface area contributed by atoms with E-state index in [4.69, 9.17) is 0 Å². The molecule has 1 N–H and O–H groups in total. The van der Waals surface area contributed by atoms with E-state index >= 15 is 0 Å². The van der Waals surface area contributed by atoms with Gasteiger partial charge >= 0.3 is 0 Å². The molecule has 0 saturated heterocycles. The Hall–Kier alpha value is -2.83. The smallest absolute Gasteiger partial charge is 0.250 e. The van der Waals surface area contributed by atoms with Crippen molar-refractivity contribution in [1.29, 1.82) is 0 Å². The van der Waals surface area contributed by atoms with Gasteiger partial charge in [-0.25, -0.2) is 8.78 Å². The second-order valence-corrected chi connectivity index (χ2v) is 8.53. The van der Waals surface area contributed by atoms with Crippen molar-refractivity contribution in [3.8, 4) is 17.0 Å².